The Morgan fingerprint density at radius 1 is 0.750 bits per heavy atom. The van der Waals surface area contributed by atoms with Gasteiger partial charge < -0.3 is 10.7 Å². The van der Waals surface area contributed by atoms with E-state index >= 15 is 0 Å². The number of fused-ring (bicyclic) bond motifs is 2. The molecule has 0 amide bonds. The SMILES string of the molecule is Nc1cncc(-c2ccc3[nH]nc(-c4cc5c(-c6ccccc6F)cncc5[nH]4)c3c2)c1. The second-order valence-corrected chi connectivity index (χ2v) is 7.65. The molecule has 0 aliphatic rings. The van der Waals surface area contributed by atoms with Gasteiger partial charge in [0.1, 0.15) is 11.5 Å². The lowest BCUT2D eigenvalue weighted by Gasteiger charge is -2.04. The van der Waals surface area contributed by atoms with E-state index in [0.29, 0.717) is 11.3 Å². The number of nitrogen functional groups attached to an aromatic ring is 1. The molecule has 2 aromatic carbocycles. The number of hydrogen-bond acceptors (Lipinski definition) is 4. The Balaban J connectivity index is 1.52. The predicted molar refractivity (Wildman–Crippen MR) is 124 cm³/mol. The molecule has 4 heterocycles. The minimum absolute atomic E-state index is 0.282. The van der Waals surface area contributed by atoms with E-state index < -0.39 is 0 Å². The van der Waals surface area contributed by atoms with Crippen molar-refractivity contribution >= 4 is 27.5 Å². The van der Waals surface area contributed by atoms with Crippen molar-refractivity contribution in [2.75, 3.05) is 5.73 Å². The average Bonchev–Trinajstić information content (AvgIpc) is 3.43. The third kappa shape index (κ3) is 2.91. The number of nitrogens with one attached hydrogen (secondary N) is 2. The first-order valence-electron chi connectivity index (χ1n) is 10.1. The molecule has 0 atom stereocenters. The molecule has 0 saturated carbocycles. The van der Waals surface area contributed by atoms with Crippen molar-refractivity contribution in [1.82, 2.24) is 25.1 Å². The van der Waals surface area contributed by atoms with Gasteiger partial charge in [-0.3, -0.25) is 15.1 Å². The van der Waals surface area contributed by atoms with Gasteiger partial charge in [-0.05, 0) is 35.9 Å². The number of aromatic nitrogens is 5. The number of nitrogens with two attached hydrogens (primary N) is 1. The molecule has 0 spiro atoms. The van der Waals surface area contributed by atoms with Crippen LogP contribution in [0.4, 0.5) is 10.1 Å². The van der Waals surface area contributed by atoms with Crippen molar-refractivity contribution in [3.63, 3.8) is 0 Å². The molecule has 6 rings (SSSR count). The van der Waals surface area contributed by atoms with Crippen LogP contribution in [-0.2, 0) is 0 Å². The molecule has 6 nitrogen and oxygen atoms in total. The van der Waals surface area contributed by atoms with E-state index in [1.54, 1.807) is 36.9 Å². The van der Waals surface area contributed by atoms with Crippen LogP contribution in [0.25, 0.3) is 55.4 Å². The molecular formula is C25H17FN6. The Kier molecular flexibility index (Phi) is 4.01. The molecule has 6 aromatic rings. The van der Waals surface area contributed by atoms with Crippen LogP contribution >= 0.6 is 0 Å². The van der Waals surface area contributed by atoms with Crippen molar-refractivity contribution in [2.24, 2.45) is 0 Å². The van der Waals surface area contributed by atoms with E-state index in [0.717, 1.165) is 49.9 Å². The predicted octanol–water partition coefficient (Wildman–Crippen LogP) is 5.56. The Hall–Kier alpha value is -4.52. The monoisotopic (exact) mass is 420 g/mol. The maximum atomic E-state index is 14.5. The number of aromatic amines is 2. The van der Waals surface area contributed by atoms with Gasteiger partial charge in [0.2, 0.25) is 0 Å². The minimum atomic E-state index is -0.282. The van der Waals surface area contributed by atoms with Crippen molar-refractivity contribution < 1.29 is 4.39 Å². The van der Waals surface area contributed by atoms with E-state index in [9.17, 15) is 4.39 Å². The number of halogens is 1. The van der Waals surface area contributed by atoms with E-state index in [1.165, 1.54) is 6.07 Å². The number of hydrogen-bond donors (Lipinski definition) is 3. The second kappa shape index (κ2) is 7.02. The topological polar surface area (TPSA) is 96.3 Å². The van der Waals surface area contributed by atoms with Gasteiger partial charge in [-0.25, -0.2) is 4.39 Å². The highest BCUT2D eigenvalue weighted by atomic mass is 19.1. The zero-order valence-corrected chi connectivity index (χ0v) is 16.8. The standard InChI is InChI=1S/C25H17FN6/c26-21-4-2-1-3-17(21)20-12-29-13-24-18(20)9-23(30-24)25-19-8-14(5-6-22(19)31-32-25)15-7-16(27)11-28-10-15/h1-13,30H,27H2,(H,31,32). The smallest absolute Gasteiger partial charge is 0.131 e. The van der Waals surface area contributed by atoms with Crippen LogP contribution in [0.2, 0.25) is 0 Å². The molecule has 0 aliphatic heterocycles. The maximum Gasteiger partial charge on any atom is 0.131 e. The maximum absolute atomic E-state index is 14.5. The molecule has 154 valence electrons. The first kappa shape index (κ1) is 18.3. The molecule has 0 unspecified atom stereocenters. The largest absolute Gasteiger partial charge is 0.397 e. The van der Waals surface area contributed by atoms with Crippen LogP contribution in [0.3, 0.4) is 0 Å². The summed E-state index contributed by atoms with van der Waals surface area (Å²) >= 11 is 0. The van der Waals surface area contributed by atoms with Gasteiger partial charge >= 0.3 is 0 Å². The summed E-state index contributed by atoms with van der Waals surface area (Å²) < 4.78 is 14.5. The number of rotatable bonds is 3. The lowest BCUT2D eigenvalue weighted by atomic mass is 10.0. The Labute approximate surface area is 182 Å². The van der Waals surface area contributed by atoms with Crippen LogP contribution in [-0.4, -0.2) is 25.1 Å². The van der Waals surface area contributed by atoms with Gasteiger partial charge in [-0.1, -0.05) is 24.3 Å². The van der Waals surface area contributed by atoms with E-state index in [4.69, 9.17) is 5.73 Å². The first-order chi connectivity index (χ1) is 15.7. The van der Waals surface area contributed by atoms with Crippen LogP contribution < -0.4 is 5.73 Å². The van der Waals surface area contributed by atoms with E-state index in [2.05, 4.69) is 31.2 Å². The lowest BCUT2D eigenvalue weighted by molar-refractivity contribution is 0.631. The van der Waals surface area contributed by atoms with Crippen LogP contribution in [0.15, 0.2) is 79.4 Å². The number of pyridine rings is 2. The number of H-pyrrole nitrogens is 2. The summed E-state index contributed by atoms with van der Waals surface area (Å²) in [6.07, 6.45) is 6.83. The van der Waals surface area contributed by atoms with Crippen molar-refractivity contribution in [1.29, 1.82) is 0 Å². The normalized spacial score (nSPS) is 11.4. The zero-order valence-electron chi connectivity index (χ0n) is 16.8. The minimum Gasteiger partial charge on any atom is -0.397 e. The third-order valence-corrected chi connectivity index (χ3v) is 5.62. The summed E-state index contributed by atoms with van der Waals surface area (Å²) in [5.41, 5.74) is 13.0. The van der Waals surface area contributed by atoms with Crippen molar-refractivity contribution in [3.8, 4) is 33.6 Å². The number of benzene rings is 2. The van der Waals surface area contributed by atoms with Crippen LogP contribution in [0.5, 0.6) is 0 Å². The lowest BCUT2D eigenvalue weighted by Crippen LogP contribution is -1.87. The fourth-order valence-corrected chi connectivity index (χ4v) is 4.09. The fraction of sp³-hybridized carbons (Fsp3) is 0. The molecule has 0 saturated heterocycles. The van der Waals surface area contributed by atoms with E-state index in [-0.39, 0.29) is 5.82 Å². The summed E-state index contributed by atoms with van der Waals surface area (Å²) in [5.74, 6) is -0.282. The molecular weight excluding hydrogens is 403 g/mol. The average molecular weight is 420 g/mol. The summed E-state index contributed by atoms with van der Waals surface area (Å²) in [5, 5.41) is 9.47. The number of anilines is 1. The van der Waals surface area contributed by atoms with E-state index in [1.807, 2.05) is 30.3 Å². The molecule has 0 aliphatic carbocycles. The van der Waals surface area contributed by atoms with Gasteiger partial charge in [0.15, 0.2) is 0 Å². The molecule has 7 heteroatoms. The van der Waals surface area contributed by atoms with Crippen molar-refractivity contribution in [3.05, 3.63) is 85.2 Å². The molecule has 0 bridgehead atoms. The quantitative estimate of drug-likeness (QED) is 0.349. The van der Waals surface area contributed by atoms with Crippen molar-refractivity contribution in [2.45, 2.75) is 0 Å². The second-order valence-electron chi connectivity index (χ2n) is 7.65. The molecule has 4 N–H and O–H groups in total. The molecule has 4 aromatic heterocycles. The third-order valence-electron chi connectivity index (χ3n) is 5.62. The van der Waals surface area contributed by atoms with Gasteiger partial charge in [0.25, 0.3) is 0 Å². The highest BCUT2D eigenvalue weighted by Gasteiger charge is 2.16. The van der Waals surface area contributed by atoms with Crippen LogP contribution in [0.1, 0.15) is 0 Å². The highest BCUT2D eigenvalue weighted by molar-refractivity contribution is 6.01. The van der Waals surface area contributed by atoms with Gasteiger partial charge in [0, 0.05) is 46.1 Å². The van der Waals surface area contributed by atoms with Gasteiger partial charge in [-0.15, -0.1) is 0 Å². The van der Waals surface area contributed by atoms with Gasteiger partial charge in [-0.2, -0.15) is 5.10 Å². The molecule has 0 radical (unpaired) electrons. The highest BCUT2D eigenvalue weighted by Crippen LogP contribution is 2.35. The van der Waals surface area contributed by atoms with Crippen LogP contribution in [0, 0.1) is 5.82 Å². The Morgan fingerprint density at radius 2 is 1.62 bits per heavy atom. The van der Waals surface area contributed by atoms with Gasteiger partial charge in [0.05, 0.1) is 28.6 Å². The summed E-state index contributed by atoms with van der Waals surface area (Å²) in [6, 6.07) is 16.6. The summed E-state index contributed by atoms with van der Waals surface area (Å²) in [4.78, 5) is 11.9. The fourth-order valence-electron chi connectivity index (χ4n) is 4.09. The summed E-state index contributed by atoms with van der Waals surface area (Å²) in [6.45, 7) is 0. The number of nitrogens with zero attached hydrogens (tertiary/aromatic N) is 3. The Morgan fingerprint density at radius 3 is 2.50 bits per heavy atom. The zero-order chi connectivity index (χ0) is 21.7. The first-order valence-corrected chi connectivity index (χ1v) is 10.1. The molecule has 32 heavy (non-hydrogen) atoms. The molecule has 0 fully saturated rings. The Bertz CT molecular complexity index is 1610. The summed E-state index contributed by atoms with van der Waals surface area (Å²) in [7, 11) is 0.